The lowest BCUT2D eigenvalue weighted by Gasteiger charge is -2.21. The van der Waals surface area contributed by atoms with E-state index >= 15 is 0 Å². The zero-order valence-electron chi connectivity index (χ0n) is 17.2. The summed E-state index contributed by atoms with van der Waals surface area (Å²) in [6.45, 7) is 3.36. The molecule has 3 rings (SSSR count). The summed E-state index contributed by atoms with van der Waals surface area (Å²) in [6.07, 6.45) is 0. The highest BCUT2D eigenvalue weighted by molar-refractivity contribution is 7.89. The Bertz CT molecular complexity index is 1180. The molecule has 1 atom stereocenters. The minimum atomic E-state index is -4.25. The third-order valence-electron chi connectivity index (χ3n) is 4.58. The second-order valence-corrected chi connectivity index (χ2v) is 8.81. The van der Waals surface area contributed by atoms with Crippen LogP contribution in [-0.2, 0) is 14.8 Å². The van der Waals surface area contributed by atoms with Gasteiger partial charge in [-0.2, -0.15) is 9.82 Å². The van der Waals surface area contributed by atoms with Crippen molar-refractivity contribution in [3.05, 3.63) is 60.4 Å². The summed E-state index contributed by atoms with van der Waals surface area (Å²) in [5, 5.41) is 9.48. The molecular weight excluding hydrogens is 423 g/mol. The van der Waals surface area contributed by atoms with Gasteiger partial charge in [0.25, 0.3) is 0 Å². The summed E-state index contributed by atoms with van der Waals surface area (Å²) in [5.74, 6) is -1.09. The van der Waals surface area contributed by atoms with Crippen LogP contribution in [-0.4, -0.2) is 37.7 Å². The third-order valence-corrected chi connectivity index (χ3v) is 6.06. The van der Waals surface area contributed by atoms with E-state index in [9.17, 15) is 17.6 Å². The quantitative estimate of drug-likeness (QED) is 0.492. The lowest BCUT2D eigenvalue weighted by atomic mass is 10.1. The van der Waals surface area contributed by atoms with Gasteiger partial charge in [-0.05, 0) is 30.2 Å². The van der Waals surface area contributed by atoms with E-state index in [0.717, 1.165) is 17.7 Å². The van der Waals surface area contributed by atoms with Crippen LogP contribution in [0.4, 0.5) is 10.2 Å². The minimum Gasteiger partial charge on any atom is -0.496 e. The van der Waals surface area contributed by atoms with Gasteiger partial charge in [0.1, 0.15) is 22.5 Å². The van der Waals surface area contributed by atoms with Gasteiger partial charge in [-0.25, -0.2) is 12.8 Å². The van der Waals surface area contributed by atoms with Crippen LogP contribution < -0.4 is 14.8 Å². The molecule has 2 aromatic carbocycles. The zero-order valence-corrected chi connectivity index (χ0v) is 18.0. The molecule has 0 aliphatic heterocycles. The number of benzene rings is 2. The molecule has 0 aliphatic rings. The predicted octanol–water partition coefficient (Wildman–Crippen LogP) is 3.17. The Balaban J connectivity index is 1.79. The number of halogens is 1. The average Bonchev–Trinajstić information content (AvgIpc) is 3.20. The molecule has 1 heterocycles. The summed E-state index contributed by atoms with van der Waals surface area (Å²) in [5.41, 5.74) is 1.36. The molecule has 0 saturated heterocycles. The topological polar surface area (TPSA) is 113 Å². The molecule has 1 amide bonds. The number of nitrogens with one attached hydrogen (secondary N) is 3. The minimum absolute atomic E-state index is 0.210. The molecule has 0 radical (unpaired) electrons. The van der Waals surface area contributed by atoms with Crippen molar-refractivity contribution in [2.45, 2.75) is 24.8 Å². The number of aromatic nitrogens is 2. The zero-order chi connectivity index (χ0) is 22.6. The Hall–Kier alpha value is -3.24. The highest BCUT2D eigenvalue weighted by atomic mass is 32.2. The lowest BCUT2D eigenvalue weighted by molar-refractivity contribution is -0.118. The average molecular weight is 447 g/mol. The Kier molecular flexibility index (Phi) is 6.71. The normalized spacial score (nSPS) is 12.5. The van der Waals surface area contributed by atoms with Gasteiger partial charge in [-0.1, -0.05) is 38.1 Å². The van der Waals surface area contributed by atoms with Gasteiger partial charge in [0.2, 0.25) is 15.9 Å². The highest BCUT2D eigenvalue weighted by Crippen LogP contribution is 2.29. The maximum Gasteiger partial charge on any atom is 0.244 e. The molecule has 0 fully saturated rings. The van der Waals surface area contributed by atoms with Gasteiger partial charge in [0.05, 0.1) is 12.8 Å². The maximum atomic E-state index is 14.0. The van der Waals surface area contributed by atoms with Crippen molar-refractivity contribution in [3.8, 4) is 17.0 Å². The van der Waals surface area contributed by atoms with Crippen LogP contribution in [0, 0.1) is 11.7 Å². The van der Waals surface area contributed by atoms with Crippen LogP contribution >= 0.6 is 0 Å². The second-order valence-electron chi connectivity index (χ2n) is 7.13. The summed E-state index contributed by atoms with van der Waals surface area (Å²) in [4.78, 5) is 12.3. The largest absolute Gasteiger partial charge is 0.496 e. The Morgan fingerprint density at radius 2 is 1.81 bits per heavy atom. The fourth-order valence-electron chi connectivity index (χ4n) is 2.98. The molecule has 3 aromatic rings. The standard InChI is InChI=1S/C21H23FN4O4S/c1-13(2)20(26-31(28,29)18-11-7-5-9-15(18)22)21(27)23-19-12-16(24-25-19)14-8-4-6-10-17(14)30-3/h4-13,20,26H,1-3H3,(H2,23,24,25,27)/t20-/m0/s1. The van der Waals surface area contributed by atoms with Crippen LogP contribution in [0.25, 0.3) is 11.3 Å². The number of methoxy groups -OCH3 is 1. The van der Waals surface area contributed by atoms with Gasteiger partial charge in [0, 0.05) is 11.6 Å². The third kappa shape index (κ3) is 5.09. The smallest absolute Gasteiger partial charge is 0.244 e. The van der Waals surface area contributed by atoms with E-state index in [2.05, 4.69) is 20.2 Å². The number of para-hydroxylation sites is 1. The monoisotopic (exact) mass is 446 g/mol. The van der Waals surface area contributed by atoms with Crippen LogP contribution in [0.2, 0.25) is 0 Å². The van der Waals surface area contributed by atoms with Gasteiger partial charge in [0.15, 0.2) is 5.82 Å². The molecule has 8 nitrogen and oxygen atoms in total. The molecule has 31 heavy (non-hydrogen) atoms. The van der Waals surface area contributed by atoms with E-state index in [-0.39, 0.29) is 5.82 Å². The fraction of sp³-hybridized carbons (Fsp3) is 0.238. The van der Waals surface area contributed by atoms with Gasteiger partial charge >= 0.3 is 0 Å². The van der Waals surface area contributed by atoms with Crippen molar-refractivity contribution in [3.63, 3.8) is 0 Å². The first-order valence-corrected chi connectivity index (χ1v) is 11.0. The number of aromatic amines is 1. The van der Waals surface area contributed by atoms with Crippen LogP contribution in [0.15, 0.2) is 59.5 Å². The number of anilines is 1. The first-order valence-electron chi connectivity index (χ1n) is 9.49. The second kappa shape index (κ2) is 9.27. The maximum absolute atomic E-state index is 14.0. The number of hydrogen-bond donors (Lipinski definition) is 3. The fourth-order valence-corrected chi connectivity index (χ4v) is 4.40. The highest BCUT2D eigenvalue weighted by Gasteiger charge is 2.30. The first-order chi connectivity index (χ1) is 14.7. The number of carbonyl (C=O) groups excluding carboxylic acids is 1. The molecule has 0 unspecified atom stereocenters. The molecule has 0 bridgehead atoms. The van der Waals surface area contributed by atoms with E-state index < -0.39 is 38.6 Å². The molecule has 1 aromatic heterocycles. The summed E-state index contributed by atoms with van der Waals surface area (Å²) in [6, 6.07) is 12.7. The van der Waals surface area contributed by atoms with Crippen LogP contribution in [0.1, 0.15) is 13.8 Å². The van der Waals surface area contributed by atoms with Gasteiger partial charge in [-0.3, -0.25) is 9.89 Å². The molecule has 0 aliphatic carbocycles. The van der Waals surface area contributed by atoms with Crippen molar-refractivity contribution in [1.82, 2.24) is 14.9 Å². The number of carbonyl (C=O) groups is 1. The van der Waals surface area contributed by atoms with E-state index in [0.29, 0.717) is 11.4 Å². The summed E-state index contributed by atoms with van der Waals surface area (Å²) in [7, 11) is -2.70. The van der Waals surface area contributed by atoms with Crippen molar-refractivity contribution >= 4 is 21.7 Å². The number of amides is 1. The van der Waals surface area contributed by atoms with Gasteiger partial charge in [-0.15, -0.1) is 0 Å². The van der Waals surface area contributed by atoms with Crippen LogP contribution in [0.5, 0.6) is 5.75 Å². The predicted molar refractivity (Wildman–Crippen MR) is 115 cm³/mol. The Labute approximate surface area is 179 Å². The van der Waals surface area contributed by atoms with Crippen molar-refractivity contribution in [2.75, 3.05) is 12.4 Å². The van der Waals surface area contributed by atoms with Crippen molar-refractivity contribution in [1.29, 1.82) is 0 Å². The number of hydrogen-bond acceptors (Lipinski definition) is 5. The number of rotatable bonds is 8. The van der Waals surface area contributed by atoms with Crippen LogP contribution in [0.3, 0.4) is 0 Å². The van der Waals surface area contributed by atoms with E-state index in [1.807, 2.05) is 18.2 Å². The number of ether oxygens (including phenoxy) is 1. The Morgan fingerprint density at radius 1 is 1.13 bits per heavy atom. The molecule has 0 spiro atoms. The number of nitrogens with zero attached hydrogens (tertiary/aromatic N) is 1. The van der Waals surface area contributed by atoms with E-state index in [1.165, 1.54) is 12.1 Å². The number of H-pyrrole nitrogens is 1. The van der Waals surface area contributed by atoms with E-state index in [1.54, 1.807) is 33.1 Å². The molecule has 10 heteroatoms. The first kappa shape index (κ1) is 22.4. The Morgan fingerprint density at radius 3 is 2.48 bits per heavy atom. The number of sulfonamides is 1. The molecule has 164 valence electrons. The summed E-state index contributed by atoms with van der Waals surface area (Å²) >= 11 is 0. The molecular formula is C21H23FN4O4S. The van der Waals surface area contributed by atoms with E-state index in [4.69, 9.17) is 4.74 Å². The van der Waals surface area contributed by atoms with Gasteiger partial charge < -0.3 is 10.1 Å². The SMILES string of the molecule is COc1ccccc1-c1cc(NC(=O)[C@@H](NS(=O)(=O)c2ccccc2F)C(C)C)n[nH]1. The lowest BCUT2D eigenvalue weighted by Crippen LogP contribution is -2.47. The van der Waals surface area contributed by atoms with Crippen molar-refractivity contribution < 1.29 is 22.3 Å². The molecule has 0 saturated carbocycles. The summed E-state index contributed by atoms with van der Waals surface area (Å²) < 4.78 is 46.8. The van der Waals surface area contributed by atoms with Crippen molar-refractivity contribution in [2.24, 2.45) is 5.92 Å². The molecule has 3 N–H and O–H groups in total.